The Morgan fingerprint density at radius 2 is 2.18 bits per heavy atom. The fraction of sp³-hybridized carbons (Fsp3) is 0.400. The Bertz CT molecular complexity index is 544. The quantitative estimate of drug-likeness (QED) is 0.694. The number of hydrogen-bond acceptors (Lipinski definition) is 5. The summed E-state index contributed by atoms with van der Waals surface area (Å²) in [5, 5.41) is 10.8. The van der Waals surface area contributed by atoms with Gasteiger partial charge in [-0.1, -0.05) is 0 Å². The van der Waals surface area contributed by atoms with E-state index in [4.69, 9.17) is 0 Å². The monoisotopic (exact) mass is 232 g/mol. The minimum atomic E-state index is -0.0397. The maximum absolute atomic E-state index is 12.1. The van der Waals surface area contributed by atoms with Crippen molar-refractivity contribution in [2.24, 2.45) is 0 Å². The van der Waals surface area contributed by atoms with Gasteiger partial charge in [0.2, 0.25) is 0 Å². The zero-order chi connectivity index (χ0) is 11.7. The topological polar surface area (TPSA) is 75.4 Å². The molecule has 1 aliphatic rings. The van der Waals surface area contributed by atoms with Gasteiger partial charge in [0.05, 0.1) is 6.20 Å². The van der Waals surface area contributed by atoms with Crippen molar-refractivity contribution in [3.05, 3.63) is 24.4 Å². The van der Waals surface area contributed by atoms with Crippen LogP contribution in [0.4, 0.5) is 0 Å². The zero-order valence-corrected chi connectivity index (χ0v) is 9.20. The second-order valence-electron chi connectivity index (χ2n) is 3.91. The molecule has 2 aromatic rings. The Morgan fingerprint density at radius 3 is 3.00 bits per heavy atom. The first kappa shape index (κ1) is 10.2. The van der Waals surface area contributed by atoms with Gasteiger partial charge in [0.1, 0.15) is 12.0 Å². The molecule has 0 aliphatic carbocycles. The highest BCUT2D eigenvalue weighted by Gasteiger charge is 2.19. The van der Waals surface area contributed by atoms with Gasteiger partial charge in [0, 0.05) is 32.4 Å². The second kappa shape index (κ2) is 4.10. The lowest BCUT2D eigenvalue weighted by molar-refractivity contribution is 0.0729. The summed E-state index contributed by atoms with van der Waals surface area (Å²) < 4.78 is 1.70. The maximum Gasteiger partial charge on any atom is 0.274 e. The first-order valence-corrected chi connectivity index (χ1v) is 5.50. The summed E-state index contributed by atoms with van der Waals surface area (Å²) in [6.45, 7) is 3.11. The van der Waals surface area contributed by atoms with E-state index in [2.05, 4.69) is 20.5 Å². The van der Waals surface area contributed by atoms with E-state index in [1.165, 1.54) is 0 Å². The predicted molar refractivity (Wildman–Crippen MR) is 59.6 cm³/mol. The third kappa shape index (κ3) is 1.84. The molecule has 0 spiro atoms. The highest BCUT2D eigenvalue weighted by atomic mass is 16.2. The van der Waals surface area contributed by atoms with Crippen LogP contribution in [0.5, 0.6) is 0 Å². The van der Waals surface area contributed by atoms with Crippen LogP contribution in [0.25, 0.3) is 5.65 Å². The molecule has 1 aliphatic heterocycles. The van der Waals surface area contributed by atoms with Crippen molar-refractivity contribution in [2.45, 2.75) is 0 Å². The summed E-state index contributed by atoms with van der Waals surface area (Å²) in [5.41, 5.74) is 1.07. The van der Waals surface area contributed by atoms with E-state index in [1.54, 1.807) is 28.0 Å². The lowest BCUT2D eigenvalue weighted by atomic mass is 10.3. The second-order valence-corrected chi connectivity index (χ2v) is 3.91. The molecule has 1 N–H and O–H groups in total. The number of rotatable bonds is 1. The van der Waals surface area contributed by atoms with Crippen LogP contribution in [-0.2, 0) is 0 Å². The lowest BCUT2D eigenvalue weighted by Gasteiger charge is -2.26. The first-order valence-electron chi connectivity index (χ1n) is 5.50. The standard InChI is InChI=1S/C10H12N6O/c17-10(15-3-1-11-2-4-15)8-6-16-7-13-14-9(16)5-12-8/h5-7,11H,1-4H2. The molecule has 0 bridgehead atoms. The van der Waals surface area contributed by atoms with Gasteiger partial charge in [-0.2, -0.15) is 0 Å². The summed E-state index contributed by atoms with van der Waals surface area (Å²) in [4.78, 5) is 18.1. The van der Waals surface area contributed by atoms with Crippen molar-refractivity contribution in [2.75, 3.05) is 26.2 Å². The number of nitrogens with one attached hydrogen (secondary N) is 1. The highest BCUT2D eigenvalue weighted by molar-refractivity contribution is 5.92. The molecule has 17 heavy (non-hydrogen) atoms. The number of hydrogen-bond donors (Lipinski definition) is 1. The number of piperazine rings is 1. The molecule has 1 saturated heterocycles. The number of aromatic nitrogens is 4. The minimum absolute atomic E-state index is 0.0397. The van der Waals surface area contributed by atoms with Crippen LogP contribution in [-0.4, -0.2) is 56.6 Å². The molecule has 7 heteroatoms. The number of nitrogens with zero attached hydrogens (tertiary/aromatic N) is 5. The largest absolute Gasteiger partial charge is 0.335 e. The molecule has 0 atom stereocenters. The summed E-state index contributed by atoms with van der Waals surface area (Å²) in [7, 11) is 0. The third-order valence-electron chi connectivity index (χ3n) is 2.80. The Balaban J connectivity index is 1.88. The summed E-state index contributed by atoms with van der Waals surface area (Å²) >= 11 is 0. The van der Waals surface area contributed by atoms with Crippen LogP contribution in [0.3, 0.4) is 0 Å². The maximum atomic E-state index is 12.1. The molecule has 1 amide bonds. The zero-order valence-electron chi connectivity index (χ0n) is 9.20. The van der Waals surface area contributed by atoms with Crippen molar-refractivity contribution >= 4 is 11.6 Å². The van der Waals surface area contributed by atoms with E-state index in [0.29, 0.717) is 11.3 Å². The van der Waals surface area contributed by atoms with E-state index in [1.807, 2.05) is 0 Å². The van der Waals surface area contributed by atoms with Gasteiger partial charge >= 0.3 is 0 Å². The van der Waals surface area contributed by atoms with Crippen LogP contribution in [0.2, 0.25) is 0 Å². The van der Waals surface area contributed by atoms with Gasteiger partial charge in [0.15, 0.2) is 5.65 Å². The first-order chi connectivity index (χ1) is 8.34. The summed E-state index contributed by atoms with van der Waals surface area (Å²) in [6.07, 6.45) is 4.79. The minimum Gasteiger partial charge on any atom is -0.335 e. The Hall–Kier alpha value is -2.02. The molecular weight excluding hydrogens is 220 g/mol. The van der Waals surface area contributed by atoms with E-state index in [9.17, 15) is 4.79 Å². The average Bonchev–Trinajstić information content (AvgIpc) is 2.86. The molecule has 7 nitrogen and oxygen atoms in total. The SMILES string of the molecule is O=C(c1cn2cnnc2cn1)N1CCNCC1. The molecule has 0 aromatic carbocycles. The van der Waals surface area contributed by atoms with E-state index in [-0.39, 0.29) is 5.91 Å². The molecule has 1 fully saturated rings. The highest BCUT2D eigenvalue weighted by Crippen LogP contribution is 2.04. The van der Waals surface area contributed by atoms with Crippen molar-refractivity contribution in [3.63, 3.8) is 0 Å². The molecule has 3 heterocycles. The molecule has 2 aromatic heterocycles. The van der Waals surface area contributed by atoms with Crippen LogP contribution in [0.15, 0.2) is 18.7 Å². The number of fused-ring (bicyclic) bond motifs is 1. The number of amides is 1. The van der Waals surface area contributed by atoms with Crippen molar-refractivity contribution in [1.29, 1.82) is 0 Å². The fourth-order valence-electron chi connectivity index (χ4n) is 1.88. The van der Waals surface area contributed by atoms with E-state index < -0.39 is 0 Å². The molecule has 0 radical (unpaired) electrons. The Kier molecular flexibility index (Phi) is 2.45. The average molecular weight is 232 g/mol. The smallest absolute Gasteiger partial charge is 0.274 e. The Morgan fingerprint density at radius 1 is 1.35 bits per heavy atom. The normalized spacial score (nSPS) is 16.4. The molecule has 0 saturated carbocycles. The summed E-state index contributed by atoms with van der Waals surface area (Å²) in [6, 6.07) is 0. The van der Waals surface area contributed by atoms with Crippen LogP contribution in [0, 0.1) is 0 Å². The van der Waals surface area contributed by atoms with E-state index in [0.717, 1.165) is 26.2 Å². The van der Waals surface area contributed by atoms with Gasteiger partial charge in [-0.25, -0.2) is 4.98 Å². The van der Waals surface area contributed by atoms with Crippen LogP contribution < -0.4 is 5.32 Å². The fourth-order valence-corrected chi connectivity index (χ4v) is 1.88. The van der Waals surface area contributed by atoms with Gasteiger partial charge < -0.3 is 10.2 Å². The number of carbonyl (C=O) groups excluding carboxylic acids is 1. The molecule has 3 rings (SSSR count). The van der Waals surface area contributed by atoms with Crippen LogP contribution >= 0.6 is 0 Å². The molecule has 0 unspecified atom stereocenters. The third-order valence-corrected chi connectivity index (χ3v) is 2.80. The van der Waals surface area contributed by atoms with Gasteiger partial charge in [-0.05, 0) is 0 Å². The lowest BCUT2D eigenvalue weighted by Crippen LogP contribution is -2.46. The van der Waals surface area contributed by atoms with Crippen molar-refractivity contribution < 1.29 is 4.79 Å². The predicted octanol–water partition coefficient (Wildman–Crippen LogP) is -0.830. The summed E-state index contributed by atoms with van der Waals surface area (Å²) in [5.74, 6) is -0.0397. The van der Waals surface area contributed by atoms with Crippen molar-refractivity contribution in [1.82, 2.24) is 29.8 Å². The molecule has 88 valence electrons. The van der Waals surface area contributed by atoms with Crippen LogP contribution in [0.1, 0.15) is 10.5 Å². The molecular formula is C10H12N6O. The van der Waals surface area contributed by atoms with Gasteiger partial charge in [0.25, 0.3) is 5.91 Å². The van der Waals surface area contributed by atoms with Crippen molar-refractivity contribution in [3.8, 4) is 0 Å². The Labute approximate surface area is 97.5 Å². The van der Waals surface area contributed by atoms with E-state index >= 15 is 0 Å². The number of carbonyl (C=O) groups is 1. The van der Waals surface area contributed by atoms with Gasteiger partial charge in [-0.3, -0.25) is 9.20 Å². The van der Waals surface area contributed by atoms with Gasteiger partial charge in [-0.15, -0.1) is 10.2 Å².